The first-order valence-electron chi connectivity index (χ1n) is 2.45. The van der Waals surface area contributed by atoms with Crippen LogP contribution in [-0.4, -0.2) is 10.2 Å². The van der Waals surface area contributed by atoms with E-state index in [-0.39, 0.29) is 0 Å². The van der Waals surface area contributed by atoms with E-state index in [9.17, 15) is 4.57 Å². The second-order valence-electron chi connectivity index (χ2n) is 1.61. The summed E-state index contributed by atoms with van der Waals surface area (Å²) in [5.74, 6) is 0. The lowest BCUT2D eigenvalue weighted by atomic mass is 11.6. The maximum atomic E-state index is 10.7. The first kappa shape index (κ1) is 9.11. The second-order valence-corrected chi connectivity index (χ2v) is 5.44. The molecule has 0 aliphatic carbocycles. The van der Waals surface area contributed by atoms with Crippen molar-refractivity contribution in [3.63, 3.8) is 0 Å². The number of hydrogen-bond donors (Lipinski definition) is 3. The Morgan fingerprint density at radius 1 is 1.73 bits per heavy atom. The number of nitrogens with two attached hydrogens (primary N) is 2. The summed E-state index contributed by atoms with van der Waals surface area (Å²) in [6, 6.07) is 0. The average Bonchev–Trinajstić information content (AvgIpc) is 2.32. The third kappa shape index (κ3) is 3.80. The predicted molar refractivity (Wildman–Crippen MR) is 44.9 cm³/mol. The first-order chi connectivity index (χ1) is 5.08. The maximum Gasteiger partial charge on any atom is 0.283 e. The van der Waals surface area contributed by atoms with Crippen LogP contribution in [0.15, 0.2) is 9.85 Å². The maximum absolute atomic E-state index is 10.7. The van der Waals surface area contributed by atoms with Gasteiger partial charge < -0.3 is 0 Å². The fourth-order valence-electron chi connectivity index (χ4n) is 0.318. The largest absolute Gasteiger partial charge is 0.283 e. The van der Waals surface area contributed by atoms with Crippen LogP contribution in [0.25, 0.3) is 0 Å². The highest BCUT2D eigenvalue weighted by atomic mass is 32.2. The average molecular weight is 211 g/mol. The zero-order chi connectivity index (χ0) is 8.32. The molecule has 0 saturated heterocycles. The number of aromatic nitrogens is 2. The molecule has 0 aliphatic heterocycles. The van der Waals surface area contributed by atoms with E-state index in [1.54, 1.807) is 5.51 Å². The van der Waals surface area contributed by atoms with Crippen LogP contribution in [0.5, 0.6) is 0 Å². The molecule has 0 aromatic carbocycles. The van der Waals surface area contributed by atoms with Gasteiger partial charge in [0.25, 0.3) is 7.59 Å². The molecule has 1 rings (SSSR count). The predicted octanol–water partition coefficient (Wildman–Crippen LogP) is 0.160. The highest BCUT2D eigenvalue weighted by molar-refractivity contribution is 8.03. The van der Waals surface area contributed by atoms with Gasteiger partial charge in [-0.15, -0.1) is 10.2 Å². The molecular formula is C2H6N5OPS2. The Hall–Kier alpha value is 0.0200. The van der Waals surface area contributed by atoms with Crippen molar-refractivity contribution < 1.29 is 4.57 Å². The van der Waals surface area contributed by atoms with Crippen LogP contribution < -0.4 is 15.5 Å². The van der Waals surface area contributed by atoms with E-state index < -0.39 is 7.59 Å². The number of rotatable bonds is 3. The molecule has 62 valence electrons. The molecule has 11 heavy (non-hydrogen) atoms. The molecule has 0 fully saturated rings. The Kier molecular flexibility index (Phi) is 2.99. The molecule has 0 unspecified atom stereocenters. The van der Waals surface area contributed by atoms with Crippen LogP contribution in [0.3, 0.4) is 0 Å². The lowest BCUT2D eigenvalue weighted by molar-refractivity contribution is 0.575. The van der Waals surface area contributed by atoms with Gasteiger partial charge >= 0.3 is 0 Å². The fraction of sp³-hybridized carbons (Fsp3) is 0. The molecule has 0 atom stereocenters. The molecule has 5 N–H and O–H groups in total. The van der Waals surface area contributed by atoms with E-state index in [1.165, 1.54) is 11.3 Å². The van der Waals surface area contributed by atoms with Crippen LogP contribution in [0.4, 0.5) is 0 Å². The lowest BCUT2D eigenvalue weighted by Gasteiger charge is -2.03. The monoisotopic (exact) mass is 211 g/mol. The summed E-state index contributed by atoms with van der Waals surface area (Å²) in [6.45, 7) is 0. The minimum atomic E-state index is -3.15. The van der Waals surface area contributed by atoms with Crippen molar-refractivity contribution in [2.75, 3.05) is 0 Å². The van der Waals surface area contributed by atoms with E-state index >= 15 is 0 Å². The molecule has 0 saturated carbocycles. The zero-order valence-electron chi connectivity index (χ0n) is 5.30. The molecule has 1 aromatic rings. The van der Waals surface area contributed by atoms with Gasteiger partial charge in [-0.25, -0.2) is 0 Å². The van der Waals surface area contributed by atoms with Crippen molar-refractivity contribution >= 4 is 30.9 Å². The fourth-order valence-corrected chi connectivity index (χ4v) is 2.22. The van der Waals surface area contributed by atoms with E-state index in [1.807, 2.05) is 0 Å². The SMILES string of the molecule is NP(N)(=O)NSc1nncs1. The van der Waals surface area contributed by atoms with Gasteiger partial charge in [0.1, 0.15) is 5.51 Å². The summed E-state index contributed by atoms with van der Waals surface area (Å²) in [5, 5.41) is 7.22. The molecule has 0 bridgehead atoms. The van der Waals surface area contributed by atoms with Crippen molar-refractivity contribution in [2.24, 2.45) is 11.0 Å². The Bertz CT molecular complexity index is 255. The Balaban J connectivity index is 2.41. The van der Waals surface area contributed by atoms with Crippen molar-refractivity contribution in [2.45, 2.75) is 4.34 Å². The molecular weight excluding hydrogens is 205 g/mol. The third-order valence-corrected chi connectivity index (χ3v) is 3.40. The zero-order valence-corrected chi connectivity index (χ0v) is 7.83. The number of nitrogens with one attached hydrogen (secondary N) is 1. The topological polar surface area (TPSA) is 107 Å². The molecule has 9 heteroatoms. The minimum Gasteiger partial charge on any atom is -0.271 e. The summed E-state index contributed by atoms with van der Waals surface area (Å²) in [6.07, 6.45) is 0. The van der Waals surface area contributed by atoms with Gasteiger partial charge in [-0.1, -0.05) is 11.3 Å². The number of nitrogens with zero attached hydrogens (tertiary/aromatic N) is 2. The summed E-state index contributed by atoms with van der Waals surface area (Å²) in [5.41, 5.74) is 11.6. The van der Waals surface area contributed by atoms with Crippen molar-refractivity contribution in [3.8, 4) is 0 Å². The molecule has 6 nitrogen and oxygen atoms in total. The van der Waals surface area contributed by atoms with Crippen LogP contribution in [0, 0.1) is 0 Å². The Morgan fingerprint density at radius 3 is 2.91 bits per heavy atom. The summed E-state index contributed by atoms with van der Waals surface area (Å²) in [4.78, 5) is 0. The van der Waals surface area contributed by atoms with Gasteiger partial charge in [0.15, 0.2) is 4.34 Å². The smallest absolute Gasteiger partial charge is 0.271 e. The molecule has 0 radical (unpaired) electrons. The minimum absolute atomic E-state index is 0.626. The van der Waals surface area contributed by atoms with Crippen LogP contribution in [-0.2, 0) is 4.57 Å². The molecule has 1 heterocycles. The highest BCUT2D eigenvalue weighted by Crippen LogP contribution is 2.27. The van der Waals surface area contributed by atoms with Gasteiger partial charge in [-0.3, -0.25) is 15.6 Å². The Labute approximate surface area is 71.4 Å². The van der Waals surface area contributed by atoms with Crippen molar-refractivity contribution in [3.05, 3.63) is 5.51 Å². The van der Waals surface area contributed by atoms with Gasteiger partial charge in [-0.05, 0) is 11.9 Å². The first-order valence-corrected chi connectivity index (χ1v) is 5.99. The standard InChI is InChI=1S/C2H6N5OPS2/c3-9(4,8)7-11-2-6-5-1-10-2/h1H,(H5,3,4,7,8). The van der Waals surface area contributed by atoms with Gasteiger partial charge in [-0.2, -0.15) is 4.49 Å². The van der Waals surface area contributed by atoms with Crippen molar-refractivity contribution in [1.82, 2.24) is 14.7 Å². The summed E-state index contributed by atoms with van der Waals surface area (Å²) < 4.78 is 13.7. The van der Waals surface area contributed by atoms with Gasteiger partial charge in [0, 0.05) is 0 Å². The van der Waals surface area contributed by atoms with E-state index in [4.69, 9.17) is 11.0 Å². The normalized spacial score (nSPS) is 11.8. The van der Waals surface area contributed by atoms with Gasteiger partial charge in [0.05, 0.1) is 0 Å². The summed E-state index contributed by atoms with van der Waals surface area (Å²) in [7, 11) is -3.15. The van der Waals surface area contributed by atoms with Crippen LogP contribution >= 0.6 is 30.9 Å². The molecule has 0 aliphatic rings. The quantitative estimate of drug-likeness (QED) is 0.482. The van der Waals surface area contributed by atoms with E-state index in [0.29, 0.717) is 4.34 Å². The molecule has 0 spiro atoms. The third-order valence-electron chi connectivity index (χ3n) is 0.616. The molecule has 1 aromatic heterocycles. The van der Waals surface area contributed by atoms with Crippen LogP contribution in [0.2, 0.25) is 0 Å². The summed E-state index contributed by atoms with van der Waals surface area (Å²) >= 11 is 2.33. The highest BCUT2D eigenvalue weighted by Gasteiger charge is 2.08. The Morgan fingerprint density at radius 2 is 2.45 bits per heavy atom. The van der Waals surface area contributed by atoms with E-state index in [2.05, 4.69) is 14.7 Å². The molecule has 0 amide bonds. The van der Waals surface area contributed by atoms with Gasteiger partial charge in [0.2, 0.25) is 0 Å². The van der Waals surface area contributed by atoms with Crippen LogP contribution in [0.1, 0.15) is 0 Å². The van der Waals surface area contributed by atoms with E-state index in [0.717, 1.165) is 11.9 Å². The van der Waals surface area contributed by atoms with Crippen molar-refractivity contribution in [1.29, 1.82) is 0 Å². The second kappa shape index (κ2) is 3.61. The number of hydrogen-bond acceptors (Lipinski definition) is 5. The lowest BCUT2D eigenvalue weighted by Crippen LogP contribution is -2.15.